The molecule has 3 aliphatic heterocycles. The van der Waals surface area contributed by atoms with Crippen LogP contribution < -0.4 is 5.32 Å². The first-order valence-corrected chi connectivity index (χ1v) is 36.8. The number of methoxy groups -OCH3 is 1. The van der Waals surface area contributed by atoms with Gasteiger partial charge in [-0.2, -0.15) is 0 Å². The van der Waals surface area contributed by atoms with Crippen LogP contribution in [0.15, 0.2) is 36.5 Å². The van der Waals surface area contributed by atoms with Crippen LogP contribution in [-0.2, 0) is 107 Å². The molecule has 0 unspecified atom stereocenters. The average Bonchev–Trinajstić information content (AvgIpc) is 3.89. The van der Waals surface area contributed by atoms with E-state index in [1.54, 1.807) is 6.92 Å². The fourth-order valence-corrected chi connectivity index (χ4v) is 4.57. The van der Waals surface area contributed by atoms with Crippen molar-refractivity contribution in [3.8, 4) is 0 Å². The monoisotopic (exact) mass is 1780 g/mol. The number of nitrogens with one attached hydrogen (secondary N) is 1. The number of amides is 7. The Morgan fingerprint density at radius 3 is 0.766 bits per heavy atom. The van der Waals surface area contributed by atoms with E-state index >= 15 is 0 Å². The molecule has 0 saturated heterocycles. The van der Waals surface area contributed by atoms with Gasteiger partial charge in [0.25, 0.3) is 41.4 Å². The van der Waals surface area contributed by atoms with Crippen molar-refractivity contribution in [1.82, 2.24) is 20.0 Å². The number of unbranched alkanes of at least 4 members (excludes halogenated alkanes) is 7. The Balaban J connectivity index is -0.0000000656. The minimum Gasteiger partial charge on any atom is -0.693 e. The smallest absolute Gasteiger partial charge is 0.693 e. The predicted octanol–water partition coefficient (Wildman–Crippen LogP) is 10.6. The Morgan fingerprint density at radius 1 is 0.442 bits per heavy atom. The molecule has 0 atom stereocenters. The van der Waals surface area contributed by atoms with Crippen LogP contribution in [0.2, 0.25) is 0 Å². The van der Waals surface area contributed by atoms with Crippen molar-refractivity contribution in [2.75, 3.05) is 39.9 Å². The van der Waals surface area contributed by atoms with Crippen LogP contribution in [0.4, 0.5) is 4.79 Å². The number of nitrogens with zero attached hydrogens (tertiary/aromatic N) is 3. The number of ether oxygens (including phenoxy) is 1. The van der Waals surface area contributed by atoms with Crippen LogP contribution in [0.5, 0.6) is 0 Å². The van der Waals surface area contributed by atoms with Crippen molar-refractivity contribution in [3.05, 3.63) is 73.4 Å². The molecular weight excluding hydrogens is 1710 g/mol. The normalized spacial score (nSPS) is 11.4. The van der Waals surface area contributed by atoms with Gasteiger partial charge in [-0.15, -0.1) is 0 Å². The van der Waals surface area contributed by atoms with E-state index in [4.69, 9.17) is 91.9 Å². The summed E-state index contributed by atoms with van der Waals surface area (Å²) in [5, 5.41) is 50.3. The van der Waals surface area contributed by atoms with Crippen LogP contribution in [-0.4, -0.2) is 157 Å². The van der Waals surface area contributed by atoms with E-state index in [2.05, 4.69) is 10.1 Å². The van der Waals surface area contributed by atoms with Gasteiger partial charge in [-0.05, 0) is 45.4 Å². The van der Waals surface area contributed by atoms with Gasteiger partial charge in [0.2, 0.25) is 0 Å². The van der Waals surface area contributed by atoms with Gasteiger partial charge in [-0.3, -0.25) is 62.6 Å². The number of hydrogen-bond acceptors (Lipinski definition) is 13. The predicted molar refractivity (Wildman–Crippen MR) is 282 cm³/mol. The summed E-state index contributed by atoms with van der Waals surface area (Å²) >= 11 is -1.42. The second-order valence-electron chi connectivity index (χ2n) is 12.8. The molecular formula is C39H70Cl6N10O19Pt3. The van der Waals surface area contributed by atoms with Crippen LogP contribution >= 0.6 is 56.5 Å². The number of imide groups is 3. The van der Waals surface area contributed by atoms with Crippen molar-refractivity contribution in [2.45, 2.75) is 97.3 Å². The third kappa shape index (κ3) is 81.8. The summed E-state index contributed by atoms with van der Waals surface area (Å²) in [5.41, 5.74) is 0. The largest absolute Gasteiger partial charge is 0.693 e. The molecule has 38 heteroatoms. The molecule has 3 rings (SSSR count). The summed E-state index contributed by atoms with van der Waals surface area (Å²) in [7, 11) is 30.6. The Kier molecular flexibility index (Phi) is 99.5. The molecule has 0 bridgehead atoms. The van der Waals surface area contributed by atoms with E-state index in [1.807, 2.05) is 0 Å². The van der Waals surface area contributed by atoms with Gasteiger partial charge in [0.15, 0.2) is 0 Å². The first kappa shape index (κ1) is 102. The Hall–Kier alpha value is -3.22. The summed E-state index contributed by atoms with van der Waals surface area (Å²) in [6, 6.07) is 0. The van der Waals surface area contributed by atoms with Crippen molar-refractivity contribution in [1.29, 1.82) is 0 Å². The summed E-state index contributed by atoms with van der Waals surface area (Å²) in [5.74, 6) is -5.81. The molecule has 0 aromatic carbocycles. The minimum atomic E-state index is -0.961. The van der Waals surface area contributed by atoms with E-state index in [9.17, 15) is 52.7 Å². The number of aliphatic carboxylic acids is 5. The van der Waals surface area contributed by atoms with Gasteiger partial charge < -0.3 is 77.6 Å². The molecule has 3 heterocycles. The molecule has 77 heavy (non-hydrogen) atoms. The standard InChI is InChI=1S/C11H15NO4.2C10H13NO4.C3H7NO2.C3H6O3.C2H4O2.6ClH.6H2N.3Pt/c13-9-6-7-10(14)12(9)8-4-2-1-3-5-11(15)16;2*12-8-5-6-9(13)11(8)7-3-1-2-4-10(14)15;1-2-4-3(5)6;1-6-2-3(4)5;1-2(3)4;;;;;;;;;;;;;;;/h6-7H,1-5,8H2,(H,15,16);2*5-6H,1-4,7H2,(H,14,15);4H,2H2,1H3,(H,5,6);2H2,1H3,(H,4,5);1H3,(H,3,4);6*1H;6*1H2;;;/q;;;;;;;;;;;;6*-1;3*+4/p-6. The number of carbonyl (C=O) groups excluding carboxylic acids is 6. The van der Waals surface area contributed by atoms with Crippen LogP contribution in [0, 0.1) is 0 Å². The SMILES string of the molecule is CC(=O)O.CCNC(=O)O.COCC(=O)O.O=C(O)CCCCCCN1C(=O)C=CC1=O.O=C(O)CCCCCN1C(=O)C=CC1=O.O=C(O)CCCCCN1C(=O)C=CC1=O.[Cl][Pt+2][Cl].[Cl][Pt+2][Cl].[Cl][Pt+2][Cl].[NH2-].[NH2-].[NH2-].[NH2-].[NH2-].[NH2-]. The quantitative estimate of drug-likeness (QED) is 0.0391. The zero-order chi connectivity index (χ0) is 56.2. The molecule has 462 valence electrons. The maximum atomic E-state index is 11.1. The molecule has 0 aromatic rings. The Bertz CT molecular complexity index is 1580. The van der Waals surface area contributed by atoms with Crippen LogP contribution in [0.1, 0.15) is 97.3 Å². The fraction of sp³-hybridized carbons (Fsp3) is 0.538. The van der Waals surface area contributed by atoms with Crippen molar-refractivity contribution in [2.24, 2.45) is 0 Å². The maximum Gasteiger partial charge on any atom is -0.693 e. The van der Waals surface area contributed by atoms with Crippen LogP contribution in [0.3, 0.4) is 0 Å². The first-order chi connectivity index (χ1) is 33.3. The Labute approximate surface area is 496 Å². The van der Waals surface area contributed by atoms with E-state index in [0.717, 1.165) is 26.2 Å². The fourth-order valence-electron chi connectivity index (χ4n) is 4.57. The third-order valence-electron chi connectivity index (χ3n) is 7.36. The molecule has 19 N–H and O–H groups in total. The average molecular weight is 1780 g/mol. The van der Waals surface area contributed by atoms with Crippen molar-refractivity contribution in [3.63, 3.8) is 0 Å². The number of carboxylic acids is 5. The molecule has 0 radical (unpaired) electrons. The number of carbonyl (C=O) groups is 12. The summed E-state index contributed by atoms with van der Waals surface area (Å²) in [6.07, 6.45) is 14.0. The van der Waals surface area contributed by atoms with Gasteiger partial charge in [-0.1, -0.05) is 25.7 Å². The number of halogens is 6. The van der Waals surface area contributed by atoms with E-state index in [0.29, 0.717) is 71.1 Å². The first-order valence-electron chi connectivity index (χ1n) is 20.0. The molecule has 7 amide bonds. The summed E-state index contributed by atoms with van der Waals surface area (Å²) in [6.45, 7) is 4.27. The number of carboxylic acid groups (broad SMARTS) is 6. The summed E-state index contributed by atoms with van der Waals surface area (Å²) < 4.78 is 4.20. The van der Waals surface area contributed by atoms with E-state index < -0.39 is 85.4 Å². The molecule has 0 aromatic heterocycles. The molecule has 0 spiro atoms. The van der Waals surface area contributed by atoms with Gasteiger partial charge >= 0.3 is 136 Å². The third-order valence-corrected chi connectivity index (χ3v) is 7.36. The molecule has 0 aliphatic carbocycles. The Morgan fingerprint density at radius 2 is 0.636 bits per heavy atom. The zero-order valence-corrected chi connectivity index (χ0v) is 53.1. The van der Waals surface area contributed by atoms with Crippen molar-refractivity contribution < 1.29 is 142 Å². The molecule has 29 nitrogen and oxygen atoms in total. The zero-order valence-electron chi connectivity index (χ0n) is 41.7. The number of nitrogens with two attached hydrogens (primary N) is 6. The van der Waals surface area contributed by atoms with Gasteiger partial charge in [0.1, 0.15) is 6.61 Å². The van der Waals surface area contributed by atoms with Gasteiger partial charge in [0, 0.05) is 95.9 Å². The number of hydrogen-bond donors (Lipinski definition) is 7. The second-order valence-corrected chi connectivity index (χ2v) is 22.6. The number of rotatable bonds is 22. The van der Waals surface area contributed by atoms with E-state index in [-0.39, 0.29) is 98.2 Å². The van der Waals surface area contributed by atoms with Gasteiger partial charge in [0.05, 0.1) is 0 Å². The summed E-state index contributed by atoms with van der Waals surface area (Å²) in [4.78, 5) is 129. The molecule has 3 aliphatic rings. The molecule has 0 fully saturated rings. The van der Waals surface area contributed by atoms with Gasteiger partial charge in [-0.25, -0.2) is 9.59 Å². The van der Waals surface area contributed by atoms with Crippen molar-refractivity contribution >= 4 is 128 Å². The molecule has 0 saturated carbocycles. The van der Waals surface area contributed by atoms with E-state index in [1.165, 1.54) is 58.3 Å². The topological polar surface area (TPSA) is 558 Å². The maximum absolute atomic E-state index is 11.1. The van der Waals surface area contributed by atoms with Crippen LogP contribution in [0.25, 0.3) is 36.9 Å². The minimum absolute atomic E-state index is 0. The second kappa shape index (κ2) is 74.9.